The zero-order valence-corrected chi connectivity index (χ0v) is 10.4. The molecule has 0 saturated heterocycles. The van der Waals surface area contributed by atoms with Crippen LogP contribution in [-0.2, 0) is 6.98 Å². The molecule has 1 aliphatic rings. The Morgan fingerprint density at radius 1 is 1.56 bits per heavy atom. The largest absolute Gasteiger partial charge is 0.329 e. The van der Waals surface area contributed by atoms with E-state index >= 15 is 0 Å². The third kappa shape index (κ3) is 1.66. The molecule has 5 nitrogen and oxygen atoms in total. The van der Waals surface area contributed by atoms with Gasteiger partial charge in [0, 0.05) is 29.2 Å². The van der Waals surface area contributed by atoms with Gasteiger partial charge in [-0.3, -0.25) is 9.13 Å². The molecule has 2 aromatic rings. The number of imidazole rings is 1. The van der Waals surface area contributed by atoms with Crippen LogP contribution in [0.2, 0.25) is 5.15 Å². The number of nitrogens with zero attached hydrogens (tertiary/aromatic N) is 3. The average Bonchev–Trinajstić information content (AvgIpc) is 2.88. The second-order valence-corrected chi connectivity index (χ2v) is 5.10. The predicted molar refractivity (Wildman–Crippen MR) is 70.8 cm³/mol. The number of pyridine rings is 1. The maximum absolute atomic E-state index is 12.6. The minimum absolute atomic E-state index is 0.0328. The van der Waals surface area contributed by atoms with E-state index in [0.717, 1.165) is 17.4 Å². The molecule has 2 N–H and O–H groups in total. The summed E-state index contributed by atoms with van der Waals surface area (Å²) in [5.41, 5.74) is 6.11. The zero-order valence-electron chi connectivity index (χ0n) is 12.6. The number of halogens is 1. The molecule has 0 radical (unpaired) electrons. The van der Waals surface area contributed by atoms with E-state index in [1.807, 2.05) is 0 Å². The quantitative estimate of drug-likeness (QED) is 0.797. The van der Waals surface area contributed by atoms with Crippen LogP contribution in [0.15, 0.2) is 17.1 Å². The fourth-order valence-corrected chi connectivity index (χ4v) is 2.82. The molecule has 0 aliphatic heterocycles. The Bertz CT molecular complexity index is 751. The molecule has 2 atom stereocenters. The van der Waals surface area contributed by atoms with Gasteiger partial charge in [0.2, 0.25) is 0 Å². The van der Waals surface area contributed by atoms with Gasteiger partial charge >= 0.3 is 5.69 Å². The normalized spacial score (nSPS) is 27.1. The molecule has 2 aromatic heterocycles. The van der Waals surface area contributed by atoms with Crippen molar-refractivity contribution in [2.45, 2.75) is 31.3 Å². The van der Waals surface area contributed by atoms with Crippen LogP contribution >= 0.6 is 11.6 Å². The molecule has 0 amide bonds. The van der Waals surface area contributed by atoms with Gasteiger partial charge in [0.15, 0.2) is 0 Å². The number of fused-ring (bicyclic) bond motifs is 1. The standard InChI is InChI=1S/C12H15ClN4O/c1-16-10-6-15-11(13)5-9(10)17(12(16)18)8-3-2-7(14)4-8/h5-8H,2-4,14H2,1H3/t7-,8-/m1/s1/i1D3. The minimum atomic E-state index is -2.56. The lowest BCUT2D eigenvalue weighted by Gasteiger charge is -2.11. The maximum atomic E-state index is 12.6. The van der Waals surface area contributed by atoms with Gasteiger partial charge in [-0.15, -0.1) is 0 Å². The van der Waals surface area contributed by atoms with Crippen molar-refractivity contribution < 1.29 is 4.11 Å². The van der Waals surface area contributed by atoms with Gasteiger partial charge in [0.05, 0.1) is 17.2 Å². The maximum Gasteiger partial charge on any atom is 0.329 e. The molecule has 0 spiro atoms. The van der Waals surface area contributed by atoms with E-state index in [0.29, 0.717) is 11.9 Å². The van der Waals surface area contributed by atoms with Crippen molar-refractivity contribution in [1.29, 1.82) is 0 Å². The van der Waals surface area contributed by atoms with Crippen LogP contribution in [-0.4, -0.2) is 20.2 Å². The number of aryl methyl sites for hydroxylation is 1. The monoisotopic (exact) mass is 269 g/mol. The molecule has 0 unspecified atom stereocenters. The van der Waals surface area contributed by atoms with Gasteiger partial charge < -0.3 is 5.73 Å². The van der Waals surface area contributed by atoms with E-state index in [1.165, 1.54) is 16.8 Å². The summed E-state index contributed by atoms with van der Waals surface area (Å²) in [4.78, 5) is 16.5. The Morgan fingerprint density at radius 2 is 2.39 bits per heavy atom. The summed E-state index contributed by atoms with van der Waals surface area (Å²) in [5, 5.41) is 0.223. The molecule has 6 heteroatoms. The first-order chi connectivity index (χ1) is 9.79. The number of hydrogen-bond donors (Lipinski definition) is 1. The van der Waals surface area contributed by atoms with E-state index < -0.39 is 12.7 Å². The highest BCUT2D eigenvalue weighted by Gasteiger charge is 2.27. The first-order valence-electron chi connectivity index (χ1n) is 7.33. The average molecular weight is 270 g/mol. The minimum Gasteiger partial charge on any atom is -0.328 e. The fraction of sp³-hybridized carbons (Fsp3) is 0.500. The number of aromatic nitrogens is 3. The molecule has 3 rings (SSSR count). The van der Waals surface area contributed by atoms with Crippen molar-refractivity contribution in [3.8, 4) is 0 Å². The highest BCUT2D eigenvalue weighted by molar-refractivity contribution is 6.29. The lowest BCUT2D eigenvalue weighted by molar-refractivity contribution is 0.501. The third-order valence-electron chi connectivity index (χ3n) is 3.54. The van der Waals surface area contributed by atoms with Crippen LogP contribution in [0.1, 0.15) is 29.4 Å². The molecule has 0 bridgehead atoms. The predicted octanol–water partition coefficient (Wildman–Crippen LogP) is 1.44. The Hall–Kier alpha value is -1.33. The van der Waals surface area contributed by atoms with Crippen LogP contribution in [0.4, 0.5) is 0 Å². The van der Waals surface area contributed by atoms with Gasteiger partial charge in [0.25, 0.3) is 0 Å². The SMILES string of the molecule is [2H]C([2H])([2H])n1c(=O)n([C@@H]2CC[C@@H](N)C2)c2cc(Cl)ncc21. The van der Waals surface area contributed by atoms with Gasteiger partial charge in [-0.05, 0) is 19.3 Å². The molecule has 1 aliphatic carbocycles. The summed E-state index contributed by atoms with van der Waals surface area (Å²) in [6, 6.07) is 1.46. The summed E-state index contributed by atoms with van der Waals surface area (Å²) in [5.74, 6) is 0. The van der Waals surface area contributed by atoms with Crippen LogP contribution < -0.4 is 11.4 Å². The topological polar surface area (TPSA) is 65.8 Å². The van der Waals surface area contributed by atoms with Gasteiger partial charge in [-0.2, -0.15) is 0 Å². The number of rotatable bonds is 1. The van der Waals surface area contributed by atoms with Crippen molar-refractivity contribution in [1.82, 2.24) is 14.1 Å². The second kappa shape index (κ2) is 4.10. The smallest absolute Gasteiger partial charge is 0.328 e. The fourth-order valence-electron chi connectivity index (χ4n) is 2.67. The first kappa shape index (κ1) is 8.72. The lowest BCUT2D eigenvalue weighted by Crippen LogP contribution is -2.26. The van der Waals surface area contributed by atoms with Crippen molar-refractivity contribution in [3.05, 3.63) is 27.9 Å². The van der Waals surface area contributed by atoms with E-state index in [2.05, 4.69) is 4.98 Å². The zero-order chi connectivity index (χ0) is 15.4. The molecular weight excluding hydrogens is 252 g/mol. The highest BCUT2D eigenvalue weighted by Crippen LogP contribution is 2.30. The highest BCUT2D eigenvalue weighted by atomic mass is 35.5. The second-order valence-electron chi connectivity index (χ2n) is 4.71. The van der Waals surface area contributed by atoms with Crippen LogP contribution in [0.3, 0.4) is 0 Å². The summed E-state index contributed by atoms with van der Waals surface area (Å²) >= 11 is 5.90. The molecule has 18 heavy (non-hydrogen) atoms. The van der Waals surface area contributed by atoms with Gasteiger partial charge in [-0.1, -0.05) is 11.6 Å². The molecule has 2 heterocycles. The Kier molecular flexibility index (Phi) is 1.99. The Morgan fingerprint density at radius 3 is 3.06 bits per heavy atom. The summed E-state index contributed by atoms with van der Waals surface area (Å²) in [6.07, 6.45) is 3.55. The van der Waals surface area contributed by atoms with Crippen molar-refractivity contribution >= 4 is 22.6 Å². The summed E-state index contributed by atoms with van der Waals surface area (Å²) in [7, 11) is 0. The van der Waals surface area contributed by atoms with Gasteiger partial charge in [-0.25, -0.2) is 9.78 Å². The number of hydrogen-bond acceptors (Lipinski definition) is 3. The molecular formula is C12H15ClN4O. The van der Waals surface area contributed by atoms with Crippen molar-refractivity contribution in [2.24, 2.45) is 12.7 Å². The van der Waals surface area contributed by atoms with Crippen molar-refractivity contribution in [3.63, 3.8) is 0 Å². The van der Waals surface area contributed by atoms with E-state index in [1.54, 1.807) is 0 Å². The third-order valence-corrected chi connectivity index (χ3v) is 3.74. The van der Waals surface area contributed by atoms with Crippen LogP contribution in [0.5, 0.6) is 0 Å². The van der Waals surface area contributed by atoms with E-state index in [4.69, 9.17) is 21.4 Å². The van der Waals surface area contributed by atoms with E-state index in [-0.39, 0.29) is 22.8 Å². The first-order valence-corrected chi connectivity index (χ1v) is 6.21. The van der Waals surface area contributed by atoms with Gasteiger partial charge in [0.1, 0.15) is 5.15 Å². The van der Waals surface area contributed by atoms with Crippen molar-refractivity contribution in [2.75, 3.05) is 0 Å². The molecule has 96 valence electrons. The van der Waals surface area contributed by atoms with Crippen LogP contribution in [0, 0.1) is 0 Å². The Balaban J connectivity index is 2.31. The van der Waals surface area contributed by atoms with E-state index in [9.17, 15) is 4.79 Å². The Labute approximate surface area is 113 Å². The molecule has 1 fully saturated rings. The number of nitrogens with two attached hydrogens (primary N) is 1. The lowest BCUT2D eigenvalue weighted by atomic mass is 10.2. The summed E-state index contributed by atoms with van der Waals surface area (Å²) in [6.45, 7) is -2.56. The van der Waals surface area contributed by atoms with Crippen LogP contribution in [0.25, 0.3) is 11.0 Å². The molecule has 1 saturated carbocycles. The summed E-state index contributed by atoms with van der Waals surface area (Å²) < 4.78 is 25.0. The molecule has 0 aromatic carbocycles.